The van der Waals surface area contributed by atoms with E-state index >= 15 is 0 Å². The van der Waals surface area contributed by atoms with E-state index in [1.165, 1.54) is 31.1 Å². The van der Waals surface area contributed by atoms with Crippen LogP contribution in [-0.2, 0) is 12.8 Å². The van der Waals surface area contributed by atoms with Gasteiger partial charge in [-0.2, -0.15) is 0 Å². The van der Waals surface area contributed by atoms with Gasteiger partial charge in [-0.1, -0.05) is 0 Å². The van der Waals surface area contributed by atoms with Crippen LogP contribution in [0.1, 0.15) is 38.8 Å². The molecule has 0 aromatic heterocycles. The molecule has 2 aromatic carbocycles. The van der Waals surface area contributed by atoms with Crippen molar-refractivity contribution in [2.45, 2.75) is 40.5 Å². The second-order valence-electron chi connectivity index (χ2n) is 6.54. The first-order valence-electron chi connectivity index (χ1n) is 7.85. The van der Waals surface area contributed by atoms with Crippen molar-refractivity contribution in [2.24, 2.45) is 11.8 Å². The molecule has 0 aliphatic carbocycles. The van der Waals surface area contributed by atoms with Crippen LogP contribution in [0.15, 0.2) is 48.5 Å². The van der Waals surface area contributed by atoms with Crippen LogP contribution in [0.2, 0.25) is 0 Å². The van der Waals surface area contributed by atoms with Gasteiger partial charge in [0.1, 0.15) is 0 Å². The molecule has 2 rings (SSSR count). The summed E-state index contributed by atoms with van der Waals surface area (Å²) >= 11 is -0.0390. The van der Waals surface area contributed by atoms with Crippen LogP contribution in [0.4, 0.5) is 0 Å². The van der Waals surface area contributed by atoms with Gasteiger partial charge in [0.05, 0.1) is 0 Å². The van der Waals surface area contributed by atoms with E-state index in [2.05, 4.69) is 76.2 Å². The first-order chi connectivity index (χ1) is 10.0. The van der Waals surface area contributed by atoms with Crippen LogP contribution in [0.5, 0.6) is 0 Å². The second kappa shape index (κ2) is 7.98. The summed E-state index contributed by atoms with van der Waals surface area (Å²) in [5, 5.41) is 0. The van der Waals surface area contributed by atoms with Gasteiger partial charge in [0.25, 0.3) is 0 Å². The van der Waals surface area contributed by atoms with Crippen molar-refractivity contribution in [3.63, 3.8) is 0 Å². The molecule has 0 N–H and O–H groups in total. The van der Waals surface area contributed by atoms with Crippen LogP contribution < -0.4 is 21.2 Å². The normalized spacial score (nSPS) is 11.5. The molecule has 0 heterocycles. The van der Waals surface area contributed by atoms with Crippen molar-refractivity contribution in [2.75, 3.05) is 0 Å². The molecule has 0 nitrogen and oxygen atoms in total. The Labute approximate surface area is 140 Å². The van der Waals surface area contributed by atoms with Crippen molar-refractivity contribution in [3.05, 3.63) is 66.8 Å². The van der Waals surface area contributed by atoms with Gasteiger partial charge in [-0.05, 0) is 0 Å². The number of hydrogen-bond acceptors (Lipinski definition) is 0. The zero-order chi connectivity index (χ0) is 15.2. The molecule has 0 spiro atoms. The molecule has 0 aliphatic heterocycles. The summed E-state index contributed by atoms with van der Waals surface area (Å²) in [5.74, 6) is 1.47. The molecule has 0 saturated heterocycles. The van der Waals surface area contributed by atoms with E-state index in [-0.39, 0.29) is 21.2 Å². The Morgan fingerprint density at radius 3 is 1.24 bits per heavy atom. The van der Waals surface area contributed by atoms with Crippen molar-refractivity contribution in [3.8, 4) is 0 Å². The predicted molar refractivity (Wildman–Crippen MR) is 87.4 cm³/mol. The molecule has 0 saturated carbocycles. The maximum absolute atomic E-state index is 2.33. The molecule has 0 aliphatic rings. The van der Waals surface area contributed by atoms with Crippen molar-refractivity contribution in [1.29, 1.82) is 0 Å². The third-order valence-electron chi connectivity index (χ3n) is 3.33. The summed E-state index contributed by atoms with van der Waals surface area (Å²) in [6.45, 7) is 9.11. The van der Waals surface area contributed by atoms with Crippen LogP contribution in [-0.4, -0.2) is 0 Å². The van der Waals surface area contributed by atoms with Gasteiger partial charge < -0.3 is 0 Å². The summed E-state index contributed by atoms with van der Waals surface area (Å²) in [4.78, 5) is 0. The molecule has 2 aromatic rings. The SMILES string of the molecule is CC(C)Cc1ccc([I-]c2ccc(CC(C)C)cc2)cc1. The maximum atomic E-state index is 2.33. The van der Waals surface area contributed by atoms with Gasteiger partial charge in [0.15, 0.2) is 0 Å². The molecule has 0 amide bonds. The molecular formula is C20H26I-. The Morgan fingerprint density at radius 2 is 0.952 bits per heavy atom. The van der Waals surface area contributed by atoms with Gasteiger partial charge in [-0.25, -0.2) is 0 Å². The van der Waals surface area contributed by atoms with E-state index in [1.54, 1.807) is 0 Å². The molecule has 1 heteroatoms. The van der Waals surface area contributed by atoms with Crippen LogP contribution in [0.3, 0.4) is 0 Å². The van der Waals surface area contributed by atoms with Crippen molar-refractivity contribution in [1.82, 2.24) is 0 Å². The zero-order valence-corrected chi connectivity index (χ0v) is 15.7. The molecule has 21 heavy (non-hydrogen) atoms. The summed E-state index contributed by atoms with van der Waals surface area (Å²) < 4.78 is 3.02. The van der Waals surface area contributed by atoms with Gasteiger partial charge in [0, 0.05) is 0 Å². The van der Waals surface area contributed by atoms with Gasteiger partial charge in [-0.3, -0.25) is 0 Å². The van der Waals surface area contributed by atoms with Crippen LogP contribution in [0.25, 0.3) is 0 Å². The zero-order valence-electron chi connectivity index (χ0n) is 13.6. The third kappa shape index (κ3) is 5.82. The van der Waals surface area contributed by atoms with E-state index in [4.69, 9.17) is 0 Å². The third-order valence-corrected chi connectivity index (χ3v) is 6.02. The number of rotatable bonds is 6. The van der Waals surface area contributed by atoms with Crippen molar-refractivity contribution >= 4 is 0 Å². The molecule has 0 bridgehead atoms. The standard InChI is InChI=1S/C20H26I/c1-15(2)13-17-5-9-19(10-6-17)21-20-11-7-18(8-12-20)14-16(3)4/h5-12,15-16H,13-14H2,1-4H3/q-1. The molecule has 0 radical (unpaired) electrons. The van der Waals surface area contributed by atoms with E-state index in [0.717, 1.165) is 11.8 Å². The molecule has 0 atom stereocenters. The molecule has 0 unspecified atom stereocenters. The molecule has 0 fully saturated rings. The Kier molecular flexibility index (Phi) is 6.28. The summed E-state index contributed by atoms with van der Waals surface area (Å²) in [7, 11) is 0. The monoisotopic (exact) mass is 393 g/mol. The number of benzene rings is 2. The fraction of sp³-hybridized carbons (Fsp3) is 0.400. The fourth-order valence-corrected chi connectivity index (χ4v) is 4.59. The minimum absolute atomic E-state index is 0.0390. The van der Waals surface area contributed by atoms with Crippen molar-refractivity contribution < 1.29 is 21.2 Å². The predicted octanol–water partition coefficient (Wildman–Crippen LogP) is 2.21. The Hall–Kier alpha value is -0.830. The van der Waals surface area contributed by atoms with Crippen LogP contribution >= 0.6 is 0 Å². The Balaban J connectivity index is 1.97. The molecular weight excluding hydrogens is 367 g/mol. The van der Waals surface area contributed by atoms with E-state index < -0.39 is 0 Å². The van der Waals surface area contributed by atoms with Gasteiger partial charge in [0.2, 0.25) is 0 Å². The van der Waals surface area contributed by atoms with Gasteiger partial charge in [-0.15, -0.1) is 0 Å². The minimum atomic E-state index is -0.0390. The summed E-state index contributed by atoms with van der Waals surface area (Å²) in [6, 6.07) is 18.5. The number of hydrogen-bond donors (Lipinski definition) is 0. The first-order valence-corrected chi connectivity index (χ1v) is 10.0. The van der Waals surface area contributed by atoms with E-state index in [0.29, 0.717) is 0 Å². The summed E-state index contributed by atoms with van der Waals surface area (Å²) in [6.07, 6.45) is 2.37. The first kappa shape index (κ1) is 16.5. The Bertz CT molecular complexity index is 484. The van der Waals surface area contributed by atoms with E-state index in [1.807, 2.05) is 0 Å². The second-order valence-corrected chi connectivity index (χ2v) is 9.57. The van der Waals surface area contributed by atoms with Gasteiger partial charge >= 0.3 is 140 Å². The summed E-state index contributed by atoms with van der Waals surface area (Å²) in [5.41, 5.74) is 2.93. The Morgan fingerprint density at radius 1 is 0.619 bits per heavy atom. The number of halogens is 1. The average molecular weight is 393 g/mol. The fourth-order valence-electron chi connectivity index (χ4n) is 2.44. The van der Waals surface area contributed by atoms with Crippen LogP contribution in [0, 0.1) is 19.0 Å². The topological polar surface area (TPSA) is 0 Å². The van der Waals surface area contributed by atoms with E-state index in [9.17, 15) is 0 Å². The quantitative estimate of drug-likeness (QED) is 0.661. The average Bonchev–Trinajstić information content (AvgIpc) is 2.42. The molecule has 114 valence electrons.